The third-order valence-electron chi connectivity index (χ3n) is 4.16. The van der Waals surface area contributed by atoms with Crippen LogP contribution in [0.15, 0.2) is 70.7 Å². The van der Waals surface area contributed by atoms with Gasteiger partial charge in [-0.1, -0.05) is 61.9 Å². The minimum absolute atomic E-state index is 0.0750. The van der Waals surface area contributed by atoms with E-state index in [0.717, 1.165) is 37.2 Å². The summed E-state index contributed by atoms with van der Waals surface area (Å²) in [6, 6.07) is 16.0. The zero-order chi connectivity index (χ0) is 21.4. The average molecular weight is 433 g/mol. The maximum Gasteiger partial charge on any atom is 0.420 e. The van der Waals surface area contributed by atoms with Crippen molar-refractivity contribution >= 4 is 23.4 Å². The van der Waals surface area contributed by atoms with Crippen LogP contribution in [0.25, 0.3) is 0 Å². The van der Waals surface area contributed by atoms with E-state index < -0.39 is 11.7 Å². The van der Waals surface area contributed by atoms with Gasteiger partial charge < -0.3 is 10.1 Å². The molecule has 1 heterocycles. The molecule has 0 atom stereocenters. The highest BCUT2D eigenvalue weighted by molar-refractivity contribution is 7.99. The van der Waals surface area contributed by atoms with Crippen molar-refractivity contribution in [2.45, 2.75) is 42.3 Å². The van der Waals surface area contributed by atoms with Gasteiger partial charge in [0.05, 0.1) is 12.3 Å². The number of nitrogens with one attached hydrogen (secondary N) is 1. The molecule has 0 unspecified atom stereocenters. The van der Waals surface area contributed by atoms with Crippen LogP contribution in [0.2, 0.25) is 0 Å². The third-order valence-corrected chi connectivity index (χ3v) is 5.17. The van der Waals surface area contributed by atoms with Crippen molar-refractivity contribution in [3.63, 3.8) is 0 Å². The van der Waals surface area contributed by atoms with Gasteiger partial charge in [-0.15, -0.1) is 0 Å². The number of hydrogen-bond donors (Lipinski definition) is 1. The van der Waals surface area contributed by atoms with Crippen LogP contribution in [0.4, 0.5) is 24.8 Å². The van der Waals surface area contributed by atoms with Crippen molar-refractivity contribution in [2.24, 2.45) is 0 Å². The summed E-state index contributed by atoms with van der Waals surface area (Å²) < 4.78 is 46.1. The van der Waals surface area contributed by atoms with Crippen LogP contribution in [0.5, 0.6) is 5.75 Å². The Morgan fingerprint density at radius 2 is 1.73 bits per heavy atom. The maximum absolute atomic E-state index is 13.4. The molecule has 0 amide bonds. The number of hydrogen-bond acceptors (Lipinski definition) is 5. The van der Waals surface area contributed by atoms with E-state index in [0.29, 0.717) is 22.9 Å². The smallest absolute Gasteiger partial charge is 0.420 e. The van der Waals surface area contributed by atoms with Crippen molar-refractivity contribution in [1.29, 1.82) is 0 Å². The molecule has 3 aromatic rings. The lowest BCUT2D eigenvalue weighted by molar-refractivity contribution is -0.140. The molecule has 1 N–H and O–H groups in total. The van der Waals surface area contributed by atoms with Crippen molar-refractivity contribution in [2.75, 3.05) is 11.9 Å². The molecule has 0 spiro atoms. The SMILES string of the molecule is CCCCCOc1ccccc1Nc1ncc(C(F)(F)F)c(Sc2ccccc2)n1. The first-order valence-corrected chi connectivity index (χ1v) is 10.4. The lowest BCUT2D eigenvalue weighted by Crippen LogP contribution is -2.11. The molecule has 0 saturated carbocycles. The van der Waals surface area contributed by atoms with Crippen LogP contribution in [0.1, 0.15) is 31.7 Å². The van der Waals surface area contributed by atoms with Crippen LogP contribution in [0, 0.1) is 0 Å². The van der Waals surface area contributed by atoms with Gasteiger partial charge in [0, 0.05) is 11.1 Å². The number of aromatic nitrogens is 2. The topological polar surface area (TPSA) is 47.0 Å². The van der Waals surface area contributed by atoms with E-state index in [1.54, 1.807) is 42.5 Å². The normalized spacial score (nSPS) is 11.3. The number of ether oxygens (including phenoxy) is 1. The summed E-state index contributed by atoms with van der Waals surface area (Å²) in [5.41, 5.74) is -0.268. The fraction of sp³-hybridized carbons (Fsp3) is 0.273. The molecular formula is C22H22F3N3OS. The van der Waals surface area contributed by atoms with Crippen LogP contribution in [-0.2, 0) is 6.18 Å². The molecule has 2 aromatic carbocycles. The van der Waals surface area contributed by atoms with E-state index in [-0.39, 0.29) is 11.0 Å². The first-order chi connectivity index (χ1) is 14.5. The van der Waals surface area contributed by atoms with Crippen LogP contribution in [-0.4, -0.2) is 16.6 Å². The molecule has 0 aliphatic heterocycles. The van der Waals surface area contributed by atoms with Crippen LogP contribution < -0.4 is 10.1 Å². The second-order valence-corrected chi connectivity index (χ2v) is 7.56. The van der Waals surface area contributed by atoms with Crippen molar-refractivity contribution in [1.82, 2.24) is 9.97 Å². The first-order valence-electron chi connectivity index (χ1n) is 9.63. The predicted octanol–water partition coefficient (Wildman–Crippen LogP) is 6.96. The number of benzene rings is 2. The Morgan fingerprint density at radius 1 is 1.00 bits per heavy atom. The molecule has 0 radical (unpaired) electrons. The number of alkyl halides is 3. The van der Waals surface area contributed by atoms with Crippen LogP contribution in [0.3, 0.4) is 0 Å². The Labute approximate surface area is 177 Å². The molecule has 4 nitrogen and oxygen atoms in total. The number of para-hydroxylation sites is 2. The predicted molar refractivity (Wildman–Crippen MR) is 112 cm³/mol. The summed E-state index contributed by atoms with van der Waals surface area (Å²) in [7, 11) is 0. The summed E-state index contributed by atoms with van der Waals surface area (Å²) in [5.74, 6) is 0.681. The summed E-state index contributed by atoms with van der Waals surface area (Å²) in [6.07, 6.45) is -0.650. The number of nitrogens with zero attached hydrogens (tertiary/aromatic N) is 2. The second kappa shape index (κ2) is 10.3. The average Bonchev–Trinajstić information content (AvgIpc) is 2.72. The van der Waals surface area contributed by atoms with E-state index in [1.165, 1.54) is 0 Å². The van der Waals surface area contributed by atoms with E-state index in [2.05, 4.69) is 22.2 Å². The van der Waals surface area contributed by atoms with Crippen molar-refractivity contribution < 1.29 is 17.9 Å². The number of rotatable bonds is 9. The lowest BCUT2D eigenvalue weighted by Gasteiger charge is -2.15. The zero-order valence-corrected chi connectivity index (χ0v) is 17.3. The van der Waals surface area contributed by atoms with E-state index in [4.69, 9.17) is 4.74 Å². The largest absolute Gasteiger partial charge is 0.491 e. The molecule has 158 valence electrons. The summed E-state index contributed by atoms with van der Waals surface area (Å²) in [6.45, 7) is 2.68. The standard InChI is InChI=1S/C22H22F3N3OS/c1-2-3-9-14-29-19-13-8-7-12-18(19)27-21-26-15-17(22(23,24)25)20(28-21)30-16-10-5-4-6-11-16/h4-8,10-13,15H,2-3,9,14H2,1H3,(H,26,27,28). The van der Waals surface area contributed by atoms with Gasteiger partial charge in [-0.05, 0) is 30.7 Å². The maximum atomic E-state index is 13.4. The Balaban J connectivity index is 1.84. The Morgan fingerprint density at radius 3 is 2.47 bits per heavy atom. The monoisotopic (exact) mass is 433 g/mol. The van der Waals surface area contributed by atoms with Gasteiger partial charge in [0.1, 0.15) is 16.3 Å². The highest BCUT2D eigenvalue weighted by Gasteiger charge is 2.35. The Hall–Kier alpha value is -2.74. The first kappa shape index (κ1) is 22.0. The quantitative estimate of drug-likeness (QED) is 0.292. The van der Waals surface area contributed by atoms with Crippen LogP contribution >= 0.6 is 11.8 Å². The third kappa shape index (κ3) is 6.13. The minimum Gasteiger partial charge on any atom is -0.491 e. The van der Waals surface area contributed by atoms with Gasteiger partial charge in [-0.25, -0.2) is 9.97 Å². The Kier molecular flexibility index (Phi) is 7.57. The van der Waals surface area contributed by atoms with Gasteiger partial charge >= 0.3 is 6.18 Å². The summed E-state index contributed by atoms with van der Waals surface area (Å²) in [4.78, 5) is 8.69. The Bertz CT molecular complexity index is 952. The molecule has 8 heteroatoms. The lowest BCUT2D eigenvalue weighted by atomic mass is 10.2. The van der Waals surface area contributed by atoms with Gasteiger partial charge in [0.2, 0.25) is 5.95 Å². The molecule has 1 aromatic heterocycles. The number of halogens is 3. The van der Waals surface area contributed by atoms with E-state index >= 15 is 0 Å². The fourth-order valence-electron chi connectivity index (χ4n) is 2.65. The van der Waals surface area contributed by atoms with Gasteiger partial charge in [0.25, 0.3) is 0 Å². The highest BCUT2D eigenvalue weighted by Crippen LogP contribution is 2.39. The highest BCUT2D eigenvalue weighted by atomic mass is 32.2. The molecule has 3 rings (SSSR count). The van der Waals surface area contributed by atoms with Gasteiger partial charge in [-0.3, -0.25) is 0 Å². The van der Waals surface area contributed by atoms with E-state index in [9.17, 15) is 13.2 Å². The van der Waals surface area contributed by atoms with E-state index in [1.807, 2.05) is 12.1 Å². The summed E-state index contributed by atoms with van der Waals surface area (Å²) >= 11 is 0.947. The second-order valence-electron chi connectivity index (χ2n) is 6.50. The summed E-state index contributed by atoms with van der Waals surface area (Å²) in [5, 5.41) is 2.83. The minimum atomic E-state index is -4.55. The van der Waals surface area contributed by atoms with Gasteiger partial charge in [-0.2, -0.15) is 13.2 Å². The zero-order valence-electron chi connectivity index (χ0n) is 16.4. The number of unbranched alkanes of at least 4 members (excludes halogenated alkanes) is 2. The van der Waals surface area contributed by atoms with Crippen molar-refractivity contribution in [3.05, 3.63) is 66.4 Å². The molecule has 0 fully saturated rings. The van der Waals surface area contributed by atoms with Crippen molar-refractivity contribution in [3.8, 4) is 5.75 Å². The fourth-order valence-corrected chi connectivity index (χ4v) is 3.58. The molecule has 0 saturated heterocycles. The molecule has 0 bridgehead atoms. The number of anilines is 2. The van der Waals surface area contributed by atoms with Gasteiger partial charge in [0.15, 0.2) is 0 Å². The molecular weight excluding hydrogens is 411 g/mol. The molecule has 30 heavy (non-hydrogen) atoms. The molecule has 0 aliphatic rings. The molecule has 0 aliphatic carbocycles.